The molecule has 1 atom stereocenters. The van der Waals surface area contributed by atoms with Crippen molar-refractivity contribution in [2.24, 2.45) is 11.3 Å². The molecule has 2 rings (SSSR count). The van der Waals surface area contributed by atoms with Gasteiger partial charge in [-0.1, -0.05) is 12.8 Å². The molecule has 0 aliphatic heterocycles. The second-order valence-corrected chi connectivity index (χ2v) is 5.78. The molecule has 0 aromatic heterocycles. The minimum Gasteiger partial charge on any atom is -0.384 e. The van der Waals surface area contributed by atoms with Gasteiger partial charge in [0.1, 0.15) is 0 Å². The molecule has 2 aliphatic rings. The van der Waals surface area contributed by atoms with Crippen LogP contribution in [0, 0.1) is 11.3 Å². The van der Waals surface area contributed by atoms with Crippen LogP contribution in [0.3, 0.4) is 0 Å². The van der Waals surface area contributed by atoms with E-state index in [0.717, 1.165) is 25.7 Å². The number of hydrogen-bond donors (Lipinski definition) is 1. The minimum absolute atomic E-state index is 0.0243. The van der Waals surface area contributed by atoms with Gasteiger partial charge in [0.2, 0.25) is 5.91 Å². The molecule has 0 aromatic rings. The Morgan fingerprint density at radius 1 is 1.39 bits per heavy atom. The van der Waals surface area contributed by atoms with Gasteiger partial charge in [0, 0.05) is 37.8 Å². The Kier molecular flexibility index (Phi) is 3.90. The molecule has 104 valence electrons. The maximum absolute atomic E-state index is 12.7. The molecule has 2 fully saturated rings. The molecular formula is C13H21F2NO2. The van der Waals surface area contributed by atoms with Crippen molar-refractivity contribution in [3.05, 3.63) is 0 Å². The Morgan fingerprint density at radius 2 is 2.00 bits per heavy atom. The van der Waals surface area contributed by atoms with Crippen molar-refractivity contribution >= 4 is 5.91 Å². The average molecular weight is 261 g/mol. The number of amides is 1. The number of rotatable bonds is 6. The highest BCUT2D eigenvalue weighted by atomic mass is 19.3. The van der Waals surface area contributed by atoms with Crippen molar-refractivity contribution in [2.75, 3.05) is 20.3 Å². The van der Waals surface area contributed by atoms with E-state index in [4.69, 9.17) is 4.74 Å². The molecule has 0 aromatic carbocycles. The van der Waals surface area contributed by atoms with E-state index in [1.807, 2.05) is 0 Å². The Morgan fingerprint density at radius 3 is 2.50 bits per heavy atom. The van der Waals surface area contributed by atoms with E-state index < -0.39 is 11.8 Å². The maximum Gasteiger partial charge on any atom is 0.252 e. The van der Waals surface area contributed by atoms with Gasteiger partial charge in [-0.2, -0.15) is 0 Å². The molecule has 2 saturated carbocycles. The predicted molar refractivity (Wildman–Crippen MR) is 63.5 cm³/mol. The number of methoxy groups -OCH3 is 1. The average Bonchev–Trinajstić information content (AvgIpc) is 2.74. The molecule has 0 radical (unpaired) electrons. The second-order valence-electron chi connectivity index (χ2n) is 5.78. The summed E-state index contributed by atoms with van der Waals surface area (Å²) in [5.41, 5.74) is 0.0243. The van der Waals surface area contributed by atoms with Crippen LogP contribution in [0.2, 0.25) is 0 Å². The molecule has 5 heteroatoms. The highest BCUT2D eigenvalue weighted by Gasteiger charge is 2.57. The number of hydrogen-bond acceptors (Lipinski definition) is 2. The normalized spacial score (nSPS) is 28.1. The third kappa shape index (κ3) is 3.19. The zero-order valence-electron chi connectivity index (χ0n) is 10.8. The van der Waals surface area contributed by atoms with Crippen molar-refractivity contribution in [2.45, 2.75) is 44.4 Å². The SMILES string of the molecule is COCC1(CNC(=O)CC2CC2(F)F)CCCC1. The van der Waals surface area contributed by atoms with Crippen molar-refractivity contribution in [3.63, 3.8) is 0 Å². The molecule has 0 saturated heterocycles. The molecule has 1 N–H and O–H groups in total. The van der Waals surface area contributed by atoms with E-state index in [1.165, 1.54) is 0 Å². The zero-order chi connectivity index (χ0) is 13.2. The summed E-state index contributed by atoms with van der Waals surface area (Å²) in [6.45, 7) is 1.19. The fraction of sp³-hybridized carbons (Fsp3) is 0.923. The molecule has 2 aliphatic carbocycles. The van der Waals surface area contributed by atoms with E-state index in [1.54, 1.807) is 7.11 Å². The lowest BCUT2D eigenvalue weighted by atomic mass is 9.87. The van der Waals surface area contributed by atoms with Crippen LogP contribution in [0.4, 0.5) is 8.78 Å². The smallest absolute Gasteiger partial charge is 0.252 e. The van der Waals surface area contributed by atoms with Crippen LogP contribution in [0.1, 0.15) is 38.5 Å². The Bertz CT molecular complexity index is 314. The first-order chi connectivity index (χ1) is 8.47. The number of carbonyl (C=O) groups excluding carboxylic acids is 1. The van der Waals surface area contributed by atoms with Crippen LogP contribution in [0.15, 0.2) is 0 Å². The summed E-state index contributed by atoms with van der Waals surface area (Å²) >= 11 is 0. The standard InChI is InChI=1S/C13H21F2NO2/c1-18-9-12(4-2-3-5-12)8-16-11(17)6-10-7-13(10,14)15/h10H,2-9H2,1H3,(H,16,17). The summed E-state index contributed by atoms with van der Waals surface area (Å²) in [5, 5.41) is 2.81. The maximum atomic E-state index is 12.7. The van der Waals surface area contributed by atoms with Crippen molar-refractivity contribution in [1.29, 1.82) is 0 Å². The summed E-state index contributed by atoms with van der Waals surface area (Å²) < 4.78 is 30.6. The third-order valence-corrected chi connectivity index (χ3v) is 4.16. The van der Waals surface area contributed by atoms with E-state index in [-0.39, 0.29) is 24.2 Å². The summed E-state index contributed by atoms with van der Waals surface area (Å²) in [6, 6.07) is 0. The van der Waals surface area contributed by atoms with Gasteiger partial charge < -0.3 is 10.1 Å². The topological polar surface area (TPSA) is 38.3 Å². The van der Waals surface area contributed by atoms with Crippen molar-refractivity contribution < 1.29 is 18.3 Å². The number of halogens is 2. The molecule has 3 nitrogen and oxygen atoms in total. The first-order valence-corrected chi connectivity index (χ1v) is 6.61. The Balaban J connectivity index is 1.74. The van der Waals surface area contributed by atoms with Crippen molar-refractivity contribution in [1.82, 2.24) is 5.32 Å². The van der Waals surface area contributed by atoms with Gasteiger partial charge in [0.05, 0.1) is 6.61 Å². The first-order valence-electron chi connectivity index (χ1n) is 6.61. The van der Waals surface area contributed by atoms with Gasteiger partial charge >= 0.3 is 0 Å². The van der Waals surface area contributed by atoms with Gasteiger partial charge in [-0.3, -0.25) is 4.79 Å². The van der Waals surface area contributed by atoms with Crippen LogP contribution >= 0.6 is 0 Å². The lowest BCUT2D eigenvalue weighted by molar-refractivity contribution is -0.122. The van der Waals surface area contributed by atoms with Crippen LogP contribution in [0.5, 0.6) is 0 Å². The Labute approximate surface area is 106 Å². The molecule has 1 amide bonds. The number of alkyl halides is 2. The zero-order valence-corrected chi connectivity index (χ0v) is 10.8. The third-order valence-electron chi connectivity index (χ3n) is 4.16. The van der Waals surface area contributed by atoms with Crippen LogP contribution in [-0.2, 0) is 9.53 Å². The summed E-state index contributed by atoms with van der Waals surface area (Å²) in [6.07, 6.45) is 4.21. The van der Waals surface area contributed by atoms with E-state index in [2.05, 4.69) is 5.32 Å². The van der Waals surface area contributed by atoms with Gasteiger partial charge in [-0.15, -0.1) is 0 Å². The number of ether oxygens (including phenoxy) is 1. The monoisotopic (exact) mass is 261 g/mol. The van der Waals surface area contributed by atoms with Gasteiger partial charge in [-0.05, 0) is 12.8 Å². The summed E-state index contributed by atoms with van der Waals surface area (Å²) in [5.74, 6) is -3.59. The van der Waals surface area contributed by atoms with Gasteiger partial charge in [0.15, 0.2) is 0 Å². The van der Waals surface area contributed by atoms with Crippen LogP contribution in [-0.4, -0.2) is 32.1 Å². The van der Waals surface area contributed by atoms with Crippen LogP contribution in [0.25, 0.3) is 0 Å². The van der Waals surface area contributed by atoms with E-state index >= 15 is 0 Å². The lowest BCUT2D eigenvalue weighted by Gasteiger charge is -2.28. The van der Waals surface area contributed by atoms with E-state index in [9.17, 15) is 13.6 Å². The molecule has 0 bridgehead atoms. The van der Waals surface area contributed by atoms with E-state index in [0.29, 0.717) is 13.2 Å². The van der Waals surface area contributed by atoms with Gasteiger partial charge in [0.25, 0.3) is 5.92 Å². The largest absolute Gasteiger partial charge is 0.384 e. The van der Waals surface area contributed by atoms with Crippen molar-refractivity contribution in [3.8, 4) is 0 Å². The molecule has 0 heterocycles. The van der Waals surface area contributed by atoms with Gasteiger partial charge in [-0.25, -0.2) is 8.78 Å². The molecular weight excluding hydrogens is 240 g/mol. The summed E-state index contributed by atoms with van der Waals surface area (Å²) in [7, 11) is 1.66. The predicted octanol–water partition coefficient (Wildman–Crippen LogP) is 2.35. The highest BCUT2D eigenvalue weighted by molar-refractivity contribution is 5.76. The van der Waals surface area contributed by atoms with Crippen LogP contribution < -0.4 is 5.32 Å². The first kappa shape index (κ1) is 13.7. The highest BCUT2D eigenvalue weighted by Crippen LogP contribution is 2.50. The fourth-order valence-corrected chi connectivity index (χ4v) is 2.88. The Hall–Kier alpha value is -0.710. The minimum atomic E-state index is -2.60. The lowest BCUT2D eigenvalue weighted by Crippen LogP contribution is -2.39. The molecule has 1 unspecified atom stereocenters. The fourth-order valence-electron chi connectivity index (χ4n) is 2.88. The number of nitrogens with one attached hydrogen (secondary N) is 1. The number of carbonyl (C=O) groups is 1. The quantitative estimate of drug-likeness (QED) is 0.797. The molecule has 0 spiro atoms. The molecule has 18 heavy (non-hydrogen) atoms. The second kappa shape index (κ2) is 5.11. The summed E-state index contributed by atoms with van der Waals surface area (Å²) in [4.78, 5) is 11.6.